The van der Waals surface area contributed by atoms with E-state index in [2.05, 4.69) is 36.0 Å². The summed E-state index contributed by atoms with van der Waals surface area (Å²) in [6.07, 6.45) is 2.11. The minimum atomic E-state index is -0.189. The summed E-state index contributed by atoms with van der Waals surface area (Å²) in [7, 11) is 3.48. The van der Waals surface area contributed by atoms with Gasteiger partial charge in [0.05, 0.1) is 7.11 Å². The number of fused-ring (bicyclic) bond motifs is 1. The van der Waals surface area contributed by atoms with Crippen LogP contribution in [0.25, 0.3) is 0 Å². The van der Waals surface area contributed by atoms with Crippen molar-refractivity contribution in [1.29, 1.82) is 0 Å². The molecule has 6 heteroatoms. The molecule has 2 fully saturated rings. The van der Waals surface area contributed by atoms with Crippen LogP contribution in [0.5, 0.6) is 0 Å². The third-order valence-corrected chi connectivity index (χ3v) is 4.86. The highest BCUT2D eigenvalue weighted by molar-refractivity contribution is 5.83. The molecule has 6 nitrogen and oxygen atoms in total. The highest BCUT2D eigenvalue weighted by Gasteiger charge is 2.45. The lowest BCUT2D eigenvalue weighted by Gasteiger charge is -2.34. The Bertz CT molecular complexity index is 400. The zero-order valence-electron chi connectivity index (χ0n) is 13.5. The number of carbonyl (C=O) groups excluding carboxylic acids is 2. The van der Waals surface area contributed by atoms with E-state index in [0.717, 1.165) is 13.0 Å². The first kappa shape index (κ1) is 16.2. The monoisotopic (exact) mass is 297 g/mol. The first-order valence-electron chi connectivity index (χ1n) is 7.78. The van der Waals surface area contributed by atoms with Crippen LogP contribution >= 0.6 is 0 Å². The van der Waals surface area contributed by atoms with Crippen molar-refractivity contribution in [2.24, 2.45) is 0 Å². The summed E-state index contributed by atoms with van der Waals surface area (Å²) < 4.78 is 4.71. The SMILES string of the molecule is COC(=O)CCC1CNC(=O)C2C(CCN2C(C)C)N1C. The van der Waals surface area contributed by atoms with Gasteiger partial charge in [-0.1, -0.05) is 0 Å². The molecule has 0 aromatic rings. The number of ether oxygens (including phenoxy) is 1. The first-order valence-corrected chi connectivity index (χ1v) is 7.78. The largest absolute Gasteiger partial charge is 0.469 e. The minimum absolute atomic E-state index is 0.0712. The van der Waals surface area contributed by atoms with Gasteiger partial charge in [0.1, 0.15) is 6.04 Å². The van der Waals surface area contributed by atoms with Crippen LogP contribution in [0.2, 0.25) is 0 Å². The molecule has 1 N–H and O–H groups in total. The fraction of sp³-hybridized carbons (Fsp3) is 0.867. The molecular weight excluding hydrogens is 270 g/mol. The van der Waals surface area contributed by atoms with Crippen molar-refractivity contribution in [3.63, 3.8) is 0 Å². The second-order valence-corrected chi connectivity index (χ2v) is 6.31. The molecule has 3 atom stereocenters. The third kappa shape index (κ3) is 3.37. The Hall–Kier alpha value is -1.14. The van der Waals surface area contributed by atoms with Gasteiger partial charge in [0.15, 0.2) is 0 Å². The summed E-state index contributed by atoms with van der Waals surface area (Å²) in [6, 6.07) is 0.719. The quantitative estimate of drug-likeness (QED) is 0.752. The zero-order valence-corrected chi connectivity index (χ0v) is 13.5. The lowest BCUT2D eigenvalue weighted by Crippen LogP contribution is -2.51. The smallest absolute Gasteiger partial charge is 0.305 e. The Morgan fingerprint density at radius 1 is 1.48 bits per heavy atom. The van der Waals surface area contributed by atoms with Crippen molar-refractivity contribution in [2.45, 2.75) is 57.3 Å². The Labute approximate surface area is 126 Å². The molecule has 2 saturated heterocycles. The molecule has 21 heavy (non-hydrogen) atoms. The van der Waals surface area contributed by atoms with Gasteiger partial charge in [0.2, 0.25) is 5.91 Å². The fourth-order valence-corrected chi connectivity index (χ4v) is 3.56. The Kier molecular flexibility index (Phi) is 5.22. The van der Waals surface area contributed by atoms with E-state index in [1.54, 1.807) is 0 Å². The number of hydrogen-bond acceptors (Lipinski definition) is 5. The molecule has 0 aromatic heterocycles. The molecule has 2 heterocycles. The number of nitrogens with zero attached hydrogens (tertiary/aromatic N) is 2. The molecule has 0 aromatic carbocycles. The summed E-state index contributed by atoms with van der Waals surface area (Å²) in [5.41, 5.74) is 0. The zero-order chi connectivity index (χ0) is 15.6. The first-order chi connectivity index (χ1) is 9.95. The van der Waals surface area contributed by atoms with Crippen molar-refractivity contribution in [3.05, 3.63) is 0 Å². The number of likely N-dealkylation sites (N-methyl/N-ethyl adjacent to an activating group) is 1. The summed E-state index contributed by atoms with van der Waals surface area (Å²) in [6.45, 7) is 5.82. The van der Waals surface area contributed by atoms with E-state index in [-0.39, 0.29) is 30.0 Å². The van der Waals surface area contributed by atoms with E-state index in [9.17, 15) is 9.59 Å². The van der Waals surface area contributed by atoms with Crippen LogP contribution in [0.15, 0.2) is 0 Å². The molecule has 0 bridgehead atoms. The Morgan fingerprint density at radius 2 is 2.19 bits per heavy atom. The summed E-state index contributed by atoms with van der Waals surface area (Å²) in [4.78, 5) is 28.3. The number of likely N-dealkylation sites (tertiary alicyclic amines) is 1. The lowest BCUT2D eigenvalue weighted by atomic mass is 10.0. The van der Waals surface area contributed by atoms with Crippen molar-refractivity contribution in [1.82, 2.24) is 15.1 Å². The van der Waals surface area contributed by atoms with Gasteiger partial charge >= 0.3 is 5.97 Å². The van der Waals surface area contributed by atoms with Gasteiger partial charge in [-0.05, 0) is 33.7 Å². The molecule has 0 radical (unpaired) electrons. The van der Waals surface area contributed by atoms with Crippen LogP contribution in [0, 0.1) is 0 Å². The summed E-state index contributed by atoms with van der Waals surface area (Å²) in [5, 5.41) is 3.05. The van der Waals surface area contributed by atoms with Gasteiger partial charge in [-0.25, -0.2) is 0 Å². The number of methoxy groups -OCH3 is 1. The van der Waals surface area contributed by atoms with E-state index in [1.165, 1.54) is 7.11 Å². The number of nitrogens with one attached hydrogen (secondary N) is 1. The van der Waals surface area contributed by atoms with E-state index >= 15 is 0 Å². The van der Waals surface area contributed by atoms with Crippen LogP contribution in [0.3, 0.4) is 0 Å². The Morgan fingerprint density at radius 3 is 2.81 bits per heavy atom. The second kappa shape index (κ2) is 6.75. The fourth-order valence-electron chi connectivity index (χ4n) is 3.56. The normalized spacial score (nSPS) is 30.9. The van der Waals surface area contributed by atoms with Crippen LogP contribution in [-0.4, -0.2) is 73.1 Å². The van der Waals surface area contributed by atoms with Gasteiger partial charge in [-0.15, -0.1) is 0 Å². The second-order valence-electron chi connectivity index (χ2n) is 6.31. The maximum absolute atomic E-state index is 12.4. The molecule has 2 aliphatic rings. The molecule has 2 rings (SSSR count). The number of amides is 1. The topological polar surface area (TPSA) is 61.9 Å². The minimum Gasteiger partial charge on any atom is -0.469 e. The van der Waals surface area contributed by atoms with Crippen molar-refractivity contribution in [2.75, 3.05) is 27.2 Å². The molecule has 120 valence electrons. The van der Waals surface area contributed by atoms with Crippen molar-refractivity contribution < 1.29 is 14.3 Å². The molecule has 0 saturated carbocycles. The van der Waals surface area contributed by atoms with Crippen molar-refractivity contribution >= 4 is 11.9 Å². The molecule has 2 aliphatic heterocycles. The van der Waals surface area contributed by atoms with Crippen LogP contribution in [0.4, 0.5) is 0 Å². The van der Waals surface area contributed by atoms with Crippen LogP contribution in [0.1, 0.15) is 33.1 Å². The number of hydrogen-bond donors (Lipinski definition) is 1. The van der Waals surface area contributed by atoms with Crippen LogP contribution in [-0.2, 0) is 14.3 Å². The molecule has 0 aliphatic carbocycles. The van der Waals surface area contributed by atoms with Gasteiger partial charge in [-0.2, -0.15) is 0 Å². The molecule has 1 amide bonds. The van der Waals surface area contributed by atoms with E-state index in [0.29, 0.717) is 25.4 Å². The average molecular weight is 297 g/mol. The van der Waals surface area contributed by atoms with Gasteiger partial charge < -0.3 is 10.1 Å². The molecule has 0 spiro atoms. The van der Waals surface area contributed by atoms with E-state index in [1.807, 2.05) is 0 Å². The Balaban J connectivity index is 2.07. The van der Waals surface area contributed by atoms with E-state index < -0.39 is 0 Å². The van der Waals surface area contributed by atoms with Gasteiger partial charge in [0, 0.05) is 37.6 Å². The summed E-state index contributed by atoms with van der Waals surface area (Å²) >= 11 is 0. The number of rotatable bonds is 4. The predicted molar refractivity (Wildman–Crippen MR) is 79.8 cm³/mol. The molecule has 3 unspecified atom stereocenters. The maximum atomic E-state index is 12.4. The highest BCUT2D eigenvalue weighted by atomic mass is 16.5. The number of carbonyl (C=O) groups is 2. The summed E-state index contributed by atoms with van der Waals surface area (Å²) in [5.74, 6) is -0.0654. The molecular formula is C15H27N3O3. The average Bonchev–Trinajstić information content (AvgIpc) is 2.86. The maximum Gasteiger partial charge on any atom is 0.305 e. The van der Waals surface area contributed by atoms with Crippen LogP contribution < -0.4 is 5.32 Å². The predicted octanol–water partition coefficient (Wildman–Crippen LogP) is 0.221. The lowest BCUT2D eigenvalue weighted by molar-refractivity contribution is -0.141. The van der Waals surface area contributed by atoms with Gasteiger partial charge in [0.25, 0.3) is 0 Å². The van der Waals surface area contributed by atoms with Crippen molar-refractivity contribution in [3.8, 4) is 0 Å². The van der Waals surface area contributed by atoms with E-state index in [4.69, 9.17) is 4.74 Å². The standard InChI is InChI=1S/C15H27N3O3/c1-10(2)18-8-7-12-14(18)15(20)16-9-11(17(12)3)5-6-13(19)21-4/h10-12,14H,5-9H2,1-4H3,(H,16,20). The number of esters is 1. The van der Waals surface area contributed by atoms with Gasteiger partial charge in [-0.3, -0.25) is 19.4 Å². The highest BCUT2D eigenvalue weighted by Crippen LogP contribution is 2.28. The third-order valence-electron chi connectivity index (χ3n) is 4.86.